The Balaban J connectivity index is 1.52. The van der Waals surface area contributed by atoms with Crippen LogP contribution in [0.2, 0.25) is 0 Å². The number of imidazole rings is 1. The van der Waals surface area contributed by atoms with Crippen LogP contribution >= 0.6 is 11.3 Å². The SMILES string of the molecule is Cc1sc(-c2nc(-c3ccc4nc[nH]c4c3)no2)cc1-c1ccccc1. The molecule has 3 aromatic heterocycles. The van der Waals surface area contributed by atoms with E-state index in [4.69, 9.17) is 4.52 Å². The van der Waals surface area contributed by atoms with Crippen molar-refractivity contribution in [1.29, 1.82) is 0 Å². The summed E-state index contributed by atoms with van der Waals surface area (Å²) in [5.74, 6) is 1.11. The summed E-state index contributed by atoms with van der Waals surface area (Å²) < 4.78 is 5.53. The molecule has 0 spiro atoms. The Morgan fingerprint density at radius 1 is 1.00 bits per heavy atom. The van der Waals surface area contributed by atoms with Crippen molar-refractivity contribution in [3.05, 3.63) is 65.8 Å². The third-order valence-electron chi connectivity index (χ3n) is 4.32. The van der Waals surface area contributed by atoms with Gasteiger partial charge in [0.1, 0.15) is 0 Å². The van der Waals surface area contributed by atoms with Crippen LogP contribution in [0.5, 0.6) is 0 Å². The van der Waals surface area contributed by atoms with E-state index >= 15 is 0 Å². The number of hydrogen-bond acceptors (Lipinski definition) is 5. The van der Waals surface area contributed by atoms with Gasteiger partial charge < -0.3 is 9.51 Å². The van der Waals surface area contributed by atoms with Gasteiger partial charge in [-0.25, -0.2) is 4.98 Å². The van der Waals surface area contributed by atoms with Gasteiger partial charge in [0.25, 0.3) is 5.89 Å². The first-order valence-electron chi connectivity index (χ1n) is 8.21. The molecule has 5 aromatic rings. The number of aryl methyl sites for hydroxylation is 1. The molecule has 0 bridgehead atoms. The highest BCUT2D eigenvalue weighted by atomic mass is 32.1. The van der Waals surface area contributed by atoms with Crippen molar-refractivity contribution in [1.82, 2.24) is 20.1 Å². The summed E-state index contributed by atoms with van der Waals surface area (Å²) in [5.41, 5.74) is 5.15. The van der Waals surface area contributed by atoms with E-state index in [0.717, 1.165) is 21.5 Å². The molecule has 0 atom stereocenters. The fourth-order valence-corrected chi connectivity index (χ4v) is 3.97. The number of aromatic amines is 1. The number of nitrogens with zero attached hydrogens (tertiary/aromatic N) is 3. The van der Waals surface area contributed by atoms with Crippen molar-refractivity contribution in [3.8, 4) is 33.3 Å². The molecule has 0 radical (unpaired) electrons. The van der Waals surface area contributed by atoms with Crippen molar-refractivity contribution >= 4 is 22.4 Å². The molecule has 5 nitrogen and oxygen atoms in total. The maximum Gasteiger partial charge on any atom is 0.268 e. The first kappa shape index (κ1) is 15.0. The average Bonchev–Trinajstić information content (AvgIpc) is 3.40. The van der Waals surface area contributed by atoms with Crippen LogP contribution in [0.25, 0.3) is 44.3 Å². The van der Waals surface area contributed by atoms with Gasteiger partial charge in [-0.1, -0.05) is 35.5 Å². The third-order valence-corrected chi connectivity index (χ3v) is 5.36. The summed E-state index contributed by atoms with van der Waals surface area (Å²) in [4.78, 5) is 14.1. The van der Waals surface area contributed by atoms with Crippen LogP contribution in [0.1, 0.15) is 4.88 Å². The Hall–Kier alpha value is -3.25. The molecule has 1 N–H and O–H groups in total. The van der Waals surface area contributed by atoms with E-state index in [2.05, 4.69) is 45.2 Å². The van der Waals surface area contributed by atoms with E-state index in [-0.39, 0.29) is 0 Å². The lowest BCUT2D eigenvalue weighted by Gasteiger charge is -1.97. The Morgan fingerprint density at radius 2 is 1.88 bits per heavy atom. The van der Waals surface area contributed by atoms with Crippen LogP contribution in [-0.2, 0) is 0 Å². The number of aromatic nitrogens is 4. The predicted octanol–water partition coefficient (Wildman–Crippen LogP) is 5.32. The second-order valence-electron chi connectivity index (χ2n) is 6.00. The predicted molar refractivity (Wildman–Crippen MR) is 103 cm³/mol. The quantitative estimate of drug-likeness (QED) is 0.474. The Morgan fingerprint density at radius 3 is 2.77 bits per heavy atom. The van der Waals surface area contributed by atoms with E-state index in [1.807, 2.05) is 36.4 Å². The van der Waals surface area contributed by atoms with Gasteiger partial charge in [-0.3, -0.25) is 0 Å². The fourth-order valence-electron chi connectivity index (χ4n) is 3.01. The van der Waals surface area contributed by atoms with Crippen LogP contribution in [-0.4, -0.2) is 20.1 Å². The average molecular weight is 358 g/mol. The number of hydrogen-bond donors (Lipinski definition) is 1. The number of rotatable bonds is 3. The molecule has 26 heavy (non-hydrogen) atoms. The summed E-state index contributed by atoms with van der Waals surface area (Å²) in [6.07, 6.45) is 1.68. The largest absolute Gasteiger partial charge is 0.345 e. The zero-order valence-corrected chi connectivity index (χ0v) is 14.7. The monoisotopic (exact) mass is 358 g/mol. The van der Waals surface area contributed by atoms with Gasteiger partial charge in [-0.15, -0.1) is 11.3 Å². The van der Waals surface area contributed by atoms with Crippen LogP contribution < -0.4 is 0 Å². The number of nitrogens with one attached hydrogen (secondary N) is 1. The van der Waals surface area contributed by atoms with E-state index < -0.39 is 0 Å². The van der Waals surface area contributed by atoms with Crippen molar-refractivity contribution in [3.63, 3.8) is 0 Å². The van der Waals surface area contributed by atoms with Crippen LogP contribution in [0.15, 0.2) is 65.4 Å². The van der Waals surface area contributed by atoms with Crippen molar-refractivity contribution in [2.24, 2.45) is 0 Å². The molecule has 0 fully saturated rings. The minimum absolute atomic E-state index is 0.542. The Bertz CT molecular complexity index is 1200. The molecule has 5 rings (SSSR count). The zero-order valence-electron chi connectivity index (χ0n) is 13.9. The van der Waals surface area contributed by atoms with E-state index in [9.17, 15) is 0 Å². The molecule has 0 aliphatic rings. The molecule has 0 saturated carbocycles. The van der Waals surface area contributed by atoms with Gasteiger partial charge in [0.15, 0.2) is 0 Å². The highest BCUT2D eigenvalue weighted by Gasteiger charge is 2.16. The molecular formula is C20H14N4OS. The van der Waals surface area contributed by atoms with E-state index in [1.165, 1.54) is 16.0 Å². The lowest BCUT2D eigenvalue weighted by molar-refractivity contribution is 0.433. The molecule has 126 valence electrons. The second kappa shape index (κ2) is 5.93. The third kappa shape index (κ3) is 2.51. The van der Waals surface area contributed by atoms with Crippen LogP contribution in [0, 0.1) is 6.92 Å². The van der Waals surface area contributed by atoms with Crippen LogP contribution in [0.4, 0.5) is 0 Å². The molecule has 0 unspecified atom stereocenters. The molecule has 6 heteroatoms. The number of benzene rings is 2. The standard InChI is InChI=1S/C20H14N4OS/c1-12-15(13-5-3-2-4-6-13)10-18(26-12)20-23-19(24-25-20)14-7-8-16-17(9-14)22-11-21-16/h2-11H,1H3,(H,21,22). The molecule has 0 aliphatic heterocycles. The van der Waals surface area contributed by atoms with E-state index in [0.29, 0.717) is 11.7 Å². The highest BCUT2D eigenvalue weighted by molar-refractivity contribution is 7.15. The zero-order chi connectivity index (χ0) is 17.5. The summed E-state index contributed by atoms with van der Waals surface area (Å²) >= 11 is 1.66. The Kier molecular flexibility index (Phi) is 3.43. The molecule has 2 aromatic carbocycles. The smallest absolute Gasteiger partial charge is 0.268 e. The number of fused-ring (bicyclic) bond motifs is 1. The minimum Gasteiger partial charge on any atom is -0.345 e. The second-order valence-corrected chi connectivity index (χ2v) is 7.26. The first-order valence-corrected chi connectivity index (χ1v) is 9.03. The van der Waals surface area contributed by atoms with Gasteiger partial charge in [0.05, 0.1) is 22.2 Å². The number of H-pyrrole nitrogens is 1. The summed E-state index contributed by atoms with van der Waals surface area (Å²) in [5, 5.41) is 4.15. The number of thiophene rings is 1. The maximum absolute atomic E-state index is 5.53. The molecule has 0 saturated heterocycles. The summed E-state index contributed by atoms with van der Waals surface area (Å²) in [7, 11) is 0. The van der Waals surface area contributed by atoms with Gasteiger partial charge in [0.2, 0.25) is 5.82 Å². The van der Waals surface area contributed by atoms with Crippen LogP contribution in [0.3, 0.4) is 0 Å². The van der Waals surface area contributed by atoms with Gasteiger partial charge in [-0.05, 0) is 42.3 Å². The maximum atomic E-state index is 5.53. The van der Waals surface area contributed by atoms with Gasteiger partial charge >= 0.3 is 0 Å². The van der Waals surface area contributed by atoms with Crippen molar-refractivity contribution in [2.75, 3.05) is 0 Å². The lowest BCUT2D eigenvalue weighted by atomic mass is 10.1. The minimum atomic E-state index is 0.542. The summed E-state index contributed by atoms with van der Waals surface area (Å²) in [6.45, 7) is 2.11. The van der Waals surface area contributed by atoms with Gasteiger partial charge in [-0.2, -0.15) is 4.98 Å². The topological polar surface area (TPSA) is 67.6 Å². The molecule has 0 aliphatic carbocycles. The van der Waals surface area contributed by atoms with E-state index in [1.54, 1.807) is 17.7 Å². The van der Waals surface area contributed by atoms with Crippen molar-refractivity contribution < 1.29 is 4.52 Å². The first-order chi connectivity index (χ1) is 12.8. The highest BCUT2D eigenvalue weighted by Crippen LogP contribution is 2.36. The molecular weight excluding hydrogens is 344 g/mol. The normalized spacial score (nSPS) is 11.3. The molecule has 0 amide bonds. The van der Waals surface area contributed by atoms with Crippen molar-refractivity contribution in [2.45, 2.75) is 6.92 Å². The fraction of sp³-hybridized carbons (Fsp3) is 0.0500. The molecule has 3 heterocycles. The Labute approximate surface area is 153 Å². The lowest BCUT2D eigenvalue weighted by Crippen LogP contribution is -1.81. The summed E-state index contributed by atoms with van der Waals surface area (Å²) in [6, 6.07) is 18.3. The van der Waals surface area contributed by atoms with Gasteiger partial charge in [0, 0.05) is 10.4 Å².